The predicted molar refractivity (Wildman–Crippen MR) is 67.8 cm³/mol. The molecule has 0 fully saturated rings. The zero-order valence-corrected chi connectivity index (χ0v) is 11.2. The highest BCUT2D eigenvalue weighted by atomic mass is 35.5. The third kappa shape index (κ3) is 2.17. The molecule has 0 aliphatic carbocycles. The molecule has 0 atom stereocenters. The summed E-state index contributed by atoms with van der Waals surface area (Å²) in [6.07, 6.45) is 0.835. The van der Waals surface area contributed by atoms with Gasteiger partial charge in [-0.15, -0.1) is 0 Å². The van der Waals surface area contributed by atoms with Crippen molar-refractivity contribution in [1.82, 2.24) is 19.7 Å². The number of nitrogens with zero attached hydrogens (tertiary/aromatic N) is 4. The largest absolute Gasteiger partial charge is 0.252 e. The molecule has 0 saturated carbocycles. The first-order valence-corrected chi connectivity index (χ1v) is 5.97. The van der Waals surface area contributed by atoms with E-state index in [2.05, 4.69) is 15.1 Å². The van der Waals surface area contributed by atoms with Crippen LogP contribution in [0.5, 0.6) is 0 Å². The summed E-state index contributed by atoms with van der Waals surface area (Å²) >= 11 is 6.15. The Bertz CT molecular complexity index is 537. The molecule has 0 saturated heterocycles. The molecule has 0 bridgehead atoms. The average molecular weight is 251 g/mol. The van der Waals surface area contributed by atoms with E-state index < -0.39 is 0 Å². The number of halogens is 1. The van der Waals surface area contributed by atoms with E-state index in [0.717, 1.165) is 29.1 Å². The standard InChI is InChI=1S/C12H15ClN4/c1-5-10-9(4)14-12(15-11(10)13)17-8(3)6-7(2)16-17/h6H,5H2,1-4H3. The molecule has 2 aromatic rings. The highest BCUT2D eigenvalue weighted by molar-refractivity contribution is 6.30. The first-order valence-electron chi connectivity index (χ1n) is 5.59. The fourth-order valence-corrected chi connectivity index (χ4v) is 2.22. The van der Waals surface area contributed by atoms with Gasteiger partial charge in [-0.3, -0.25) is 0 Å². The Morgan fingerprint density at radius 2 is 1.94 bits per heavy atom. The van der Waals surface area contributed by atoms with Crippen LogP contribution in [0.15, 0.2) is 6.07 Å². The summed E-state index contributed by atoms with van der Waals surface area (Å²) in [4.78, 5) is 8.76. The van der Waals surface area contributed by atoms with E-state index in [9.17, 15) is 0 Å². The molecule has 0 unspecified atom stereocenters. The number of rotatable bonds is 2. The van der Waals surface area contributed by atoms with Gasteiger partial charge in [-0.2, -0.15) is 10.1 Å². The summed E-state index contributed by atoms with van der Waals surface area (Å²) in [5, 5.41) is 4.87. The van der Waals surface area contributed by atoms with E-state index in [-0.39, 0.29) is 0 Å². The lowest BCUT2D eigenvalue weighted by molar-refractivity contribution is 0.763. The van der Waals surface area contributed by atoms with Crippen LogP contribution in [0.2, 0.25) is 5.15 Å². The minimum absolute atomic E-state index is 0.516. The molecular formula is C12H15ClN4. The number of aryl methyl sites for hydroxylation is 3. The van der Waals surface area contributed by atoms with Crippen molar-refractivity contribution in [2.24, 2.45) is 0 Å². The lowest BCUT2D eigenvalue weighted by Crippen LogP contribution is -2.08. The van der Waals surface area contributed by atoms with Gasteiger partial charge in [0.1, 0.15) is 5.15 Å². The molecule has 0 aliphatic rings. The van der Waals surface area contributed by atoms with E-state index in [1.807, 2.05) is 33.8 Å². The maximum Gasteiger partial charge on any atom is 0.252 e. The Hall–Kier alpha value is -1.42. The molecular weight excluding hydrogens is 236 g/mol. The Balaban J connectivity index is 2.58. The second-order valence-electron chi connectivity index (χ2n) is 4.07. The highest BCUT2D eigenvalue weighted by Gasteiger charge is 2.12. The molecule has 0 radical (unpaired) electrons. The van der Waals surface area contributed by atoms with E-state index in [4.69, 9.17) is 11.6 Å². The molecule has 0 aromatic carbocycles. The van der Waals surface area contributed by atoms with Gasteiger partial charge in [-0.1, -0.05) is 18.5 Å². The first kappa shape index (κ1) is 12.0. The molecule has 4 nitrogen and oxygen atoms in total. The molecule has 2 aromatic heterocycles. The summed E-state index contributed by atoms with van der Waals surface area (Å²) in [7, 11) is 0. The van der Waals surface area contributed by atoms with Gasteiger partial charge in [0.2, 0.25) is 0 Å². The van der Waals surface area contributed by atoms with Gasteiger partial charge in [0.25, 0.3) is 5.95 Å². The van der Waals surface area contributed by atoms with E-state index >= 15 is 0 Å². The summed E-state index contributed by atoms with van der Waals surface area (Å²) in [6.45, 7) is 7.90. The van der Waals surface area contributed by atoms with Gasteiger partial charge in [0.05, 0.1) is 5.69 Å². The van der Waals surface area contributed by atoms with Gasteiger partial charge < -0.3 is 0 Å². The average Bonchev–Trinajstić information content (AvgIpc) is 2.57. The molecule has 5 heteroatoms. The van der Waals surface area contributed by atoms with Crippen molar-refractivity contribution in [2.75, 3.05) is 0 Å². The van der Waals surface area contributed by atoms with Crippen LogP contribution in [-0.4, -0.2) is 19.7 Å². The lowest BCUT2D eigenvalue weighted by Gasteiger charge is -2.08. The third-order valence-electron chi connectivity index (χ3n) is 2.70. The second-order valence-corrected chi connectivity index (χ2v) is 4.43. The van der Waals surface area contributed by atoms with Crippen molar-refractivity contribution in [1.29, 1.82) is 0 Å². The minimum atomic E-state index is 0.516. The van der Waals surface area contributed by atoms with E-state index in [1.54, 1.807) is 4.68 Å². The quantitative estimate of drug-likeness (QED) is 0.770. The van der Waals surface area contributed by atoms with Crippen molar-refractivity contribution in [3.63, 3.8) is 0 Å². The Labute approximate surface area is 106 Å². The Morgan fingerprint density at radius 3 is 2.41 bits per heavy atom. The Kier molecular flexibility index (Phi) is 3.15. The number of hydrogen-bond donors (Lipinski definition) is 0. The predicted octanol–water partition coefficient (Wildman–Crippen LogP) is 2.80. The second kappa shape index (κ2) is 4.45. The smallest absolute Gasteiger partial charge is 0.216 e. The van der Waals surface area contributed by atoms with Crippen molar-refractivity contribution >= 4 is 11.6 Å². The molecule has 2 heterocycles. The third-order valence-corrected chi connectivity index (χ3v) is 3.02. The van der Waals surface area contributed by atoms with Crippen LogP contribution in [0.3, 0.4) is 0 Å². The van der Waals surface area contributed by atoms with Crippen molar-refractivity contribution < 1.29 is 0 Å². The Morgan fingerprint density at radius 1 is 1.24 bits per heavy atom. The van der Waals surface area contributed by atoms with Crippen LogP contribution in [0.4, 0.5) is 0 Å². The first-order chi connectivity index (χ1) is 8.02. The van der Waals surface area contributed by atoms with Crippen LogP contribution in [0, 0.1) is 20.8 Å². The summed E-state index contributed by atoms with van der Waals surface area (Å²) < 4.78 is 1.72. The lowest BCUT2D eigenvalue weighted by atomic mass is 10.2. The molecule has 2 rings (SSSR count). The molecule has 0 spiro atoms. The van der Waals surface area contributed by atoms with Crippen LogP contribution in [0.25, 0.3) is 5.95 Å². The monoisotopic (exact) mass is 250 g/mol. The van der Waals surface area contributed by atoms with Gasteiger partial charge in [-0.05, 0) is 33.3 Å². The summed E-state index contributed by atoms with van der Waals surface area (Å²) in [6, 6.07) is 1.99. The molecule has 0 aliphatic heterocycles. The zero-order valence-electron chi connectivity index (χ0n) is 10.5. The number of hydrogen-bond acceptors (Lipinski definition) is 3. The highest BCUT2D eigenvalue weighted by Crippen LogP contribution is 2.19. The van der Waals surface area contributed by atoms with Gasteiger partial charge in [-0.25, -0.2) is 9.67 Å². The van der Waals surface area contributed by atoms with Crippen molar-refractivity contribution in [3.8, 4) is 5.95 Å². The van der Waals surface area contributed by atoms with Gasteiger partial charge in [0.15, 0.2) is 0 Å². The SMILES string of the molecule is CCc1c(C)nc(-n2nc(C)cc2C)nc1Cl. The maximum absolute atomic E-state index is 6.15. The van der Waals surface area contributed by atoms with Crippen LogP contribution in [-0.2, 0) is 6.42 Å². The number of aromatic nitrogens is 4. The van der Waals surface area contributed by atoms with Crippen molar-refractivity contribution in [3.05, 3.63) is 33.9 Å². The zero-order chi connectivity index (χ0) is 12.6. The molecule has 17 heavy (non-hydrogen) atoms. The minimum Gasteiger partial charge on any atom is -0.216 e. The summed E-state index contributed by atoms with van der Waals surface area (Å²) in [5.41, 5.74) is 3.86. The maximum atomic E-state index is 6.15. The van der Waals surface area contributed by atoms with Crippen LogP contribution < -0.4 is 0 Å². The molecule has 90 valence electrons. The van der Waals surface area contributed by atoms with Gasteiger partial charge in [0, 0.05) is 17.0 Å². The molecule has 0 amide bonds. The van der Waals surface area contributed by atoms with Crippen molar-refractivity contribution in [2.45, 2.75) is 34.1 Å². The summed E-state index contributed by atoms with van der Waals surface area (Å²) in [5.74, 6) is 0.537. The molecule has 0 N–H and O–H groups in total. The van der Waals surface area contributed by atoms with E-state index in [1.165, 1.54) is 0 Å². The fraction of sp³-hybridized carbons (Fsp3) is 0.417. The normalized spacial score (nSPS) is 10.9. The van der Waals surface area contributed by atoms with Crippen LogP contribution in [0.1, 0.15) is 29.6 Å². The topological polar surface area (TPSA) is 43.6 Å². The van der Waals surface area contributed by atoms with Gasteiger partial charge >= 0.3 is 0 Å². The van der Waals surface area contributed by atoms with E-state index in [0.29, 0.717) is 11.1 Å². The van der Waals surface area contributed by atoms with Crippen LogP contribution >= 0.6 is 11.6 Å². The fourth-order valence-electron chi connectivity index (χ4n) is 1.87.